The van der Waals surface area contributed by atoms with E-state index in [2.05, 4.69) is 5.32 Å². The van der Waals surface area contributed by atoms with Gasteiger partial charge in [-0.05, 0) is 26.3 Å². The lowest BCUT2D eigenvalue weighted by Crippen LogP contribution is -2.49. The lowest BCUT2D eigenvalue weighted by Gasteiger charge is -2.35. The van der Waals surface area contributed by atoms with Gasteiger partial charge in [-0.2, -0.15) is 0 Å². The van der Waals surface area contributed by atoms with Crippen LogP contribution >= 0.6 is 0 Å². The highest BCUT2D eigenvalue weighted by molar-refractivity contribution is 5.79. The Bertz CT molecular complexity index is 264. The van der Waals surface area contributed by atoms with Gasteiger partial charge in [0, 0.05) is 37.6 Å². The molecule has 2 aliphatic heterocycles. The molecule has 4 heteroatoms. The predicted molar refractivity (Wildman–Crippen MR) is 66.8 cm³/mol. The topological polar surface area (TPSA) is 41.6 Å². The summed E-state index contributed by atoms with van der Waals surface area (Å²) in [7, 11) is 1.99. The molecule has 4 nitrogen and oxygen atoms in total. The average Bonchev–Trinajstić information content (AvgIpc) is 2.85. The molecule has 0 saturated carbocycles. The summed E-state index contributed by atoms with van der Waals surface area (Å²) in [6.07, 6.45) is 3.31. The van der Waals surface area contributed by atoms with Crippen LogP contribution in [0.3, 0.4) is 0 Å². The van der Waals surface area contributed by atoms with Crippen molar-refractivity contribution in [2.45, 2.75) is 32.2 Å². The van der Waals surface area contributed by atoms with Crippen molar-refractivity contribution >= 4 is 5.91 Å². The number of piperidine rings is 1. The van der Waals surface area contributed by atoms with Crippen molar-refractivity contribution in [3.63, 3.8) is 0 Å². The van der Waals surface area contributed by atoms with Crippen molar-refractivity contribution < 1.29 is 9.53 Å². The number of nitrogens with one attached hydrogen (secondary N) is 1. The molecular weight excluding hydrogens is 216 g/mol. The van der Waals surface area contributed by atoms with Gasteiger partial charge in [-0.3, -0.25) is 4.79 Å². The minimum absolute atomic E-state index is 0.209. The van der Waals surface area contributed by atoms with Crippen LogP contribution in [-0.2, 0) is 9.53 Å². The van der Waals surface area contributed by atoms with Crippen LogP contribution in [0.4, 0.5) is 0 Å². The smallest absolute Gasteiger partial charge is 0.225 e. The highest BCUT2D eigenvalue weighted by Gasteiger charge is 2.31. The van der Waals surface area contributed by atoms with Crippen LogP contribution in [0.5, 0.6) is 0 Å². The summed E-state index contributed by atoms with van der Waals surface area (Å²) in [5.41, 5.74) is 0. The van der Waals surface area contributed by atoms with E-state index in [1.54, 1.807) is 0 Å². The zero-order valence-electron chi connectivity index (χ0n) is 10.9. The quantitative estimate of drug-likeness (QED) is 0.793. The van der Waals surface area contributed by atoms with Crippen molar-refractivity contribution in [1.29, 1.82) is 0 Å². The minimum Gasteiger partial charge on any atom is -0.381 e. The average molecular weight is 240 g/mol. The Kier molecular flexibility index (Phi) is 4.40. The maximum atomic E-state index is 12.1. The van der Waals surface area contributed by atoms with Gasteiger partial charge in [-0.15, -0.1) is 0 Å². The molecule has 0 spiro atoms. The molecule has 0 aromatic heterocycles. The molecule has 1 N–H and O–H groups in total. The summed E-state index contributed by atoms with van der Waals surface area (Å²) in [5.74, 6) is 1.10. The molecule has 0 aromatic rings. The van der Waals surface area contributed by atoms with Crippen molar-refractivity contribution in [1.82, 2.24) is 10.2 Å². The van der Waals surface area contributed by atoms with Gasteiger partial charge in [0.2, 0.25) is 5.91 Å². The molecule has 3 atom stereocenters. The molecule has 2 aliphatic rings. The Labute approximate surface area is 104 Å². The second-order valence-electron chi connectivity index (χ2n) is 5.35. The number of ether oxygens (including phenoxy) is 1. The van der Waals surface area contributed by atoms with Gasteiger partial charge in [-0.25, -0.2) is 0 Å². The van der Waals surface area contributed by atoms with E-state index in [4.69, 9.17) is 4.74 Å². The summed E-state index contributed by atoms with van der Waals surface area (Å²) >= 11 is 0. The molecule has 1 amide bonds. The molecule has 98 valence electrons. The fourth-order valence-electron chi connectivity index (χ4n) is 2.90. The fourth-order valence-corrected chi connectivity index (χ4v) is 2.90. The Morgan fingerprint density at radius 3 is 3.00 bits per heavy atom. The Morgan fingerprint density at radius 2 is 2.35 bits per heavy atom. The number of hydrogen-bond donors (Lipinski definition) is 1. The van der Waals surface area contributed by atoms with Crippen LogP contribution in [0.1, 0.15) is 26.2 Å². The molecule has 2 heterocycles. The maximum Gasteiger partial charge on any atom is 0.225 e. The third-order valence-corrected chi connectivity index (χ3v) is 4.12. The number of carbonyl (C=O) groups is 1. The first kappa shape index (κ1) is 12.8. The van der Waals surface area contributed by atoms with Crippen molar-refractivity contribution in [2.24, 2.45) is 11.8 Å². The van der Waals surface area contributed by atoms with Gasteiger partial charge in [-0.1, -0.05) is 6.92 Å². The van der Waals surface area contributed by atoms with Crippen LogP contribution in [0.2, 0.25) is 0 Å². The third kappa shape index (κ3) is 2.99. The van der Waals surface area contributed by atoms with Crippen molar-refractivity contribution in [3.05, 3.63) is 0 Å². The number of rotatable bonds is 4. The SMILES string of the molecule is CNC(CN1CCCC(C)C1=O)C1CCOC1. The van der Waals surface area contributed by atoms with Gasteiger partial charge in [0.1, 0.15) is 0 Å². The zero-order valence-corrected chi connectivity index (χ0v) is 10.9. The minimum atomic E-state index is 0.209. The van der Waals surface area contributed by atoms with Crippen LogP contribution in [0.15, 0.2) is 0 Å². The Morgan fingerprint density at radius 1 is 1.53 bits per heavy atom. The van der Waals surface area contributed by atoms with Crippen LogP contribution in [0, 0.1) is 11.8 Å². The van der Waals surface area contributed by atoms with E-state index in [0.29, 0.717) is 17.9 Å². The predicted octanol–water partition coefficient (Wildman–Crippen LogP) is 0.869. The molecule has 2 saturated heterocycles. The lowest BCUT2D eigenvalue weighted by atomic mass is 9.95. The number of hydrogen-bond acceptors (Lipinski definition) is 3. The molecular formula is C13H24N2O2. The normalized spacial score (nSPS) is 31.9. The van der Waals surface area contributed by atoms with E-state index in [0.717, 1.165) is 45.6 Å². The zero-order chi connectivity index (χ0) is 12.3. The molecule has 2 rings (SSSR count). The Hall–Kier alpha value is -0.610. The monoisotopic (exact) mass is 240 g/mol. The number of likely N-dealkylation sites (tertiary alicyclic amines) is 1. The first-order valence-electron chi connectivity index (χ1n) is 6.76. The first-order chi connectivity index (χ1) is 8.22. The van der Waals surface area contributed by atoms with E-state index in [-0.39, 0.29) is 5.92 Å². The molecule has 2 fully saturated rings. The fraction of sp³-hybridized carbons (Fsp3) is 0.923. The second kappa shape index (κ2) is 5.83. The highest BCUT2D eigenvalue weighted by atomic mass is 16.5. The van der Waals surface area contributed by atoms with Crippen LogP contribution in [-0.4, -0.2) is 50.2 Å². The van der Waals surface area contributed by atoms with Crippen LogP contribution < -0.4 is 5.32 Å². The number of nitrogens with zero attached hydrogens (tertiary/aromatic N) is 1. The molecule has 0 radical (unpaired) electrons. The van der Waals surface area contributed by atoms with E-state index in [1.807, 2.05) is 18.9 Å². The summed E-state index contributed by atoms with van der Waals surface area (Å²) in [4.78, 5) is 14.1. The summed E-state index contributed by atoms with van der Waals surface area (Å²) in [5, 5.41) is 3.35. The van der Waals surface area contributed by atoms with E-state index < -0.39 is 0 Å². The molecule has 3 unspecified atom stereocenters. The van der Waals surface area contributed by atoms with Gasteiger partial charge >= 0.3 is 0 Å². The maximum absolute atomic E-state index is 12.1. The van der Waals surface area contributed by atoms with Gasteiger partial charge in [0.05, 0.1) is 6.61 Å². The number of amides is 1. The second-order valence-corrected chi connectivity index (χ2v) is 5.35. The van der Waals surface area contributed by atoms with Gasteiger partial charge < -0.3 is 15.0 Å². The Balaban J connectivity index is 1.90. The number of carbonyl (C=O) groups excluding carboxylic acids is 1. The highest BCUT2D eigenvalue weighted by Crippen LogP contribution is 2.21. The standard InChI is InChI=1S/C13H24N2O2/c1-10-4-3-6-15(13(10)16)8-12(14-2)11-5-7-17-9-11/h10-12,14H,3-9H2,1-2H3. The number of likely N-dealkylation sites (N-methyl/N-ethyl adjacent to an activating group) is 1. The van der Waals surface area contributed by atoms with E-state index >= 15 is 0 Å². The summed E-state index contributed by atoms with van der Waals surface area (Å²) in [6.45, 7) is 5.51. The van der Waals surface area contributed by atoms with Gasteiger partial charge in [0.15, 0.2) is 0 Å². The summed E-state index contributed by atoms with van der Waals surface area (Å²) in [6, 6.07) is 0.381. The summed E-state index contributed by atoms with van der Waals surface area (Å²) < 4.78 is 5.43. The molecule has 0 aliphatic carbocycles. The largest absolute Gasteiger partial charge is 0.381 e. The van der Waals surface area contributed by atoms with E-state index in [9.17, 15) is 4.79 Å². The molecule has 0 aromatic carbocycles. The van der Waals surface area contributed by atoms with Crippen molar-refractivity contribution in [2.75, 3.05) is 33.4 Å². The van der Waals surface area contributed by atoms with Crippen molar-refractivity contribution in [3.8, 4) is 0 Å². The van der Waals surface area contributed by atoms with Gasteiger partial charge in [0.25, 0.3) is 0 Å². The van der Waals surface area contributed by atoms with E-state index in [1.165, 1.54) is 0 Å². The third-order valence-electron chi connectivity index (χ3n) is 4.12. The molecule has 17 heavy (non-hydrogen) atoms. The van der Waals surface area contributed by atoms with Crippen LogP contribution in [0.25, 0.3) is 0 Å². The molecule has 0 bridgehead atoms. The lowest BCUT2D eigenvalue weighted by molar-refractivity contribution is -0.138. The first-order valence-corrected chi connectivity index (χ1v) is 6.76.